The summed E-state index contributed by atoms with van der Waals surface area (Å²) in [7, 11) is 0. The fourth-order valence-electron chi connectivity index (χ4n) is 2.97. The van der Waals surface area contributed by atoms with E-state index < -0.39 is 12.1 Å². The molecule has 2 aromatic rings. The first-order valence-corrected chi connectivity index (χ1v) is 7.51. The van der Waals surface area contributed by atoms with Crippen molar-refractivity contribution in [2.24, 2.45) is 5.73 Å². The summed E-state index contributed by atoms with van der Waals surface area (Å²) in [6.45, 7) is 0. The average molecular weight is 296 g/mol. The molecule has 1 aliphatic carbocycles. The summed E-state index contributed by atoms with van der Waals surface area (Å²) in [6.07, 6.45) is 0.455. The Morgan fingerprint density at radius 2 is 1.86 bits per heavy atom. The zero-order chi connectivity index (χ0) is 15.5. The largest absolute Gasteiger partial charge is 0.390 e. The summed E-state index contributed by atoms with van der Waals surface area (Å²) >= 11 is 0. The van der Waals surface area contributed by atoms with E-state index in [-0.39, 0.29) is 11.9 Å². The number of rotatable bonds is 4. The molecule has 0 spiro atoms. The van der Waals surface area contributed by atoms with Crippen molar-refractivity contribution in [1.29, 1.82) is 0 Å². The highest BCUT2D eigenvalue weighted by Crippen LogP contribution is 2.31. The van der Waals surface area contributed by atoms with E-state index in [4.69, 9.17) is 5.73 Å². The lowest BCUT2D eigenvalue weighted by Crippen LogP contribution is -2.45. The number of fused-ring (bicyclic) bond motifs is 1. The SMILES string of the molecule is N[C@@H](Cc1ccccc1)C(=O)N[C@@H]1c2ccccc2C[C@@H]1O. The van der Waals surface area contributed by atoms with Crippen molar-refractivity contribution < 1.29 is 9.90 Å². The molecule has 0 aliphatic heterocycles. The molecular weight excluding hydrogens is 276 g/mol. The minimum absolute atomic E-state index is 0.232. The number of hydrogen-bond acceptors (Lipinski definition) is 3. The van der Waals surface area contributed by atoms with E-state index in [9.17, 15) is 9.90 Å². The zero-order valence-electron chi connectivity index (χ0n) is 12.3. The molecule has 3 rings (SSSR count). The van der Waals surface area contributed by atoms with Crippen LogP contribution < -0.4 is 11.1 Å². The molecule has 3 atom stereocenters. The Hall–Kier alpha value is -2.17. The van der Waals surface area contributed by atoms with Gasteiger partial charge in [0.05, 0.1) is 18.2 Å². The maximum atomic E-state index is 12.3. The molecule has 4 nitrogen and oxygen atoms in total. The average Bonchev–Trinajstić information content (AvgIpc) is 2.84. The third-order valence-electron chi connectivity index (χ3n) is 4.14. The number of carbonyl (C=O) groups is 1. The monoisotopic (exact) mass is 296 g/mol. The number of nitrogens with two attached hydrogens (primary N) is 1. The molecule has 0 aromatic heterocycles. The van der Waals surface area contributed by atoms with Gasteiger partial charge in [0.2, 0.25) is 5.91 Å². The van der Waals surface area contributed by atoms with E-state index in [1.54, 1.807) is 0 Å². The van der Waals surface area contributed by atoms with E-state index in [1.165, 1.54) is 0 Å². The Morgan fingerprint density at radius 1 is 1.18 bits per heavy atom. The van der Waals surface area contributed by atoms with Crippen molar-refractivity contribution in [2.75, 3.05) is 0 Å². The van der Waals surface area contributed by atoms with Crippen LogP contribution in [0.2, 0.25) is 0 Å². The van der Waals surface area contributed by atoms with Crippen molar-refractivity contribution in [3.8, 4) is 0 Å². The van der Waals surface area contributed by atoms with Gasteiger partial charge in [-0.3, -0.25) is 4.79 Å². The summed E-state index contributed by atoms with van der Waals surface area (Å²) in [5, 5.41) is 13.1. The highest BCUT2D eigenvalue weighted by atomic mass is 16.3. The lowest BCUT2D eigenvalue weighted by atomic mass is 10.0. The predicted octanol–water partition coefficient (Wildman–Crippen LogP) is 1.33. The van der Waals surface area contributed by atoms with Crippen molar-refractivity contribution in [3.63, 3.8) is 0 Å². The van der Waals surface area contributed by atoms with Gasteiger partial charge in [0, 0.05) is 6.42 Å². The molecule has 0 unspecified atom stereocenters. The quantitative estimate of drug-likeness (QED) is 0.797. The number of nitrogens with one attached hydrogen (secondary N) is 1. The van der Waals surface area contributed by atoms with Crippen LogP contribution in [0.1, 0.15) is 22.7 Å². The first-order valence-electron chi connectivity index (χ1n) is 7.51. The Kier molecular flexibility index (Phi) is 4.22. The van der Waals surface area contributed by atoms with Gasteiger partial charge in [-0.25, -0.2) is 0 Å². The van der Waals surface area contributed by atoms with Crippen LogP contribution in [0.25, 0.3) is 0 Å². The molecule has 0 fully saturated rings. The summed E-state index contributed by atoms with van der Waals surface area (Å²) < 4.78 is 0. The number of aliphatic hydroxyl groups is 1. The number of amides is 1. The van der Waals surface area contributed by atoms with Crippen LogP contribution in [0.3, 0.4) is 0 Å². The van der Waals surface area contributed by atoms with Crippen molar-refractivity contribution in [3.05, 3.63) is 71.3 Å². The second-order valence-electron chi connectivity index (χ2n) is 5.75. The highest BCUT2D eigenvalue weighted by molar-refractivity contribution is 5.82. The second-order valence-corrected chi connectivity index (χ2v) is 5.75. The number of benzene rings is 2. The van der Waals surface area contributed by atoms with Crippen LogP contribution in [0, 0.1) is 0 Å². The summed E-state index contributed by atoms with van der Waals surface area (Å²) in [6, 6.07) is 16.5. The fourth-order valence-corrected chi connectivity index (χ4v) is 2.97. The Morgan fingerprint density at radius 3 is 2.64 bits per heavy atom. The van der Waals surface area contributed by atoms with Gasteiger partial charge in [-0.15, -0.1) is 0 Å². The third kappa shape index (κ3) is 3.03. The molecule has 4 N–H and O–H groups in total. The van der Waals surface area contributed by atoms with Crippen molar-refractivity contribution in [2.45, 2.75) is 31.0 Å². The van der Waals surface area contributed by atoms with Gasteiger partial charge in [-0.2, -0.15) is 0 Å². The normalized spacial score (nSPS) is 21.2. The molecule has 1 amide bonds. The van der Waals surface area contributed by atoms with E-state index in [0.29, 0.717) is 12.8 Å². The summed E-state index contributed by atoms with van der Waals surface area (Å²) in [5.74, 6) is -0.232. The van der Waals surface area contributed by atoms with E-state index in [0.717, 1.165) is 16.7 Å². The van der Waals surface area contributed by atoms with Gasteiger partial charge in [0.1, 0.15) is 0 Å². The second kappa shape index (κ2) is 6.30. The molecule has 114 valence electrons. The number of aliphatic hydroxyl groups excluding tert-OH is 1. The lowest BCUT2D eigenvalue weighted by molar-refractivity contribution is -0.123. The van der Waals surface area contributed by atoms with Crippen LogP contribution in [0.4, 0.5) is 0 Å². The molecule has 2 aromatic carbocycles. The Balaban J connectivity index is 1.67. The van der Waals surface area contributed by atoms with Gasteiger partial charge in [0.15, 0.2) is 0 Å². The Labute approximate surface area is 130 Å². The molecule has 0 bridgehead atoms. The van der Waals surface area contributed by atoms with Crippen molar-refractivity contribution in [1.82, 2.24) is 5.32 Å². The summed E-state index contributed by atoms with van der Waals surface area (Å²) in [4.78, 5) is 12.3. The minimum Gasteiger partial charge on any atom is -0.390 e. The third-order valence-corrected chi connectivity index (χ3v) is 4.14. The van der Waals surface area contributed by atoms with Gasteiger partial charge in [-0.05, 0) is 23.1 Å². The van der Waals surface area contributed by atoms with E-state index >= 15 is 0 Å². The molecule has 22 heavy (non-hydrogen) atoms. The number of carbonyl (C=O) groups excluding carboxylic acids is 1. The van der Waals surface area contributed by atoms with Crippen molar-refractivity contribution >= 4 is 5.91 Å². The molecular formula is C18H20N2O2. The zero-order valence-corrected chi connectivity index (χ0v) is 12.3. The predicted molar refractivity (Wildman–Crippen MR) is 85.2 cm³/mol. The van der Waals surface area contributed by atoms with Crippen LogP contribution in [-0.4, -0.2) is 23.2 Å². The van der Waals surface area contributed by atoms with E-state index in [1.807, 2.05) is 54.6 Å². The van der Waals surface area contributed by atoms with Gasteiger partial charge < -0.3 is 16.2 Å². The molecule has 0 heterocycles. The Bertz CT molecular complexity index is 657. The van der Waals surface area contributed by atoms with Gasteiger partial charge in [-0.1, -0.05) is 54.6 Å². The fraction of sp³-hybridized carbons (Fsp3) is 0.278. The van der Waals surface area contributed by atoms with Crippen LogP contribution in [-0.2, 0) is 17.6 Å². The van der Waals surface area contributed by atoms with Crippen LogP contribution >= 0.6 is 0 Å². The maximum absolute atomic E-state index is 12.3. The molecule has 0 saturated heterocycles. The lowest BCUT2D eigenvalue weighted by Gasteiger charge is -2.20. The topological polar surface area (TPSA) is 75.4 Å². The van der Waals surface area contributed by atoms with E-state index in [2.05, 4.69) is 5.32 Å². The molecule has 0 saturated carbocycles. The minimum atomic E-state index is -0.623. The smallest absolute Gasteiger partial charge is 0.237 e. The van der Waals surface area contributed by atoms with Gasteiger partial charge in [0.25, 0.3) is 0 Å². The van der Waals surface area contributed by atoms with Crippen LogP contribution in [0.15, 0.2) is 54.6 Å². The maximum Gasteiger partial charge on any atom is 0.237 e. The summed E-state index contributed by atoms with van der Waals surface area (Å²) in [5.41, 5.74) is 9.09. The standard InChI is InChI=1S/C18H20N2O2/c19-15(10-12-6-2-1-3-7-12)18(22)20-17-14-9-5-4-8-13(14)11-16(17)21/h1-9,15-17,21H,10-11,19H2,(H,20,22)/t15-,16-,17+/m0/s1. The van der Waals surface area contributed by atoms with Gasteiger partial charge >= 0.3 is 0 Å². The molecule has 0 radical (unpaired) electrons. The number of hydrogen-bond donors (Lipinski definition) is 3. The molecule has 1 aliphatic rings. The molecule has 4 heteroatoms. The first kappa shape index (κ1) is 14.8. The highest BCUT2D eigenvalue weighted by Gasteiger charge is 2.32. The first-order chi connectivity index (χ1) is 10.6. The van der Waals surface area contributed by atoms with Crippen LogP contribution in [0.5, 0.6) is 0 Å².